The van der Waals surface area contributed by atoms with Gasteiger partial charge in [0.15, 0.2) is 0 Å². The molecule has 5 nitrogen and oxygen atoms in total. The number of carbonyl (C=O) groups excluding carboxylic acids is 1. The summed E-state index contributed by atoms with van der Waals surface area (Å²) in [4.78, 5) is 18.0. The molecule has 0 spiro atoms. The van der Waals surface area contributed by atoms with E-state index in [2.05, 4.69) is 51.5 Å². The van der Waals surface area contributed by atoms with Crippen molar-refractivity contribution in [3.05, 3.63) is 54.6 Å². The standard InChI is InChI=1S/C22H29N3O2S/c1-27-20-8-5-7-19(17-20)25-14-12-24(13-15-25)18-22(26)23-11-6-16-28-21-9-3-2-4-10-21/h2-5,7-10,17H,6,11-16,18H2,1H3,(H,23,26). The number of nitrogens with zero attached hydrogens (tertiary/aromatic N) is 2. The normalized spacial score (nSPS) is 14.7. The van der Waals surface area contributed by atoms with Crippen LogP contribution in [0.3, 0.4) is 0 Å². The Morgan fingerprint density at radius 3 is 2.61 bits per heavy atom. The Kier molecular flexibility index (Phi) is 8.06. The highest BCUT2D eigenvalue weighted by atomic mass is 32.2. The van der Waals surface area contributed by atoms with Gasteiger partial charge >= 0.3 is 0 Å². The maximum atomic E-state index is 12.2. The van der Waals surface area contributed by atoms with E-state index in [-0.39, 0.29) is 5.91 Å². The first-order valence-electron chi connectivity index (χ1n) is 9.80. The van der Waals surface area contributed by atoms with Gasteiger partial charge in [-0.3, -0.25) is 9.69 Å². The summed E-state index contributed by atoms with van der Waals surface area (Å²) in [5.74, 6) is 2.02. The molecule has 0 radical (unpaired) electrons. The molecule has 0 aromatic heterocycles. The van der Waals surface area contributed by atoms with Crippen molar-refractivity contribution in [2.24, 2.45) is 0 Å². The molecule has 3 rings (SSSR count). The van der Waals surface area contributed by atoms with E-state index in [1.54, 1.807) is 7.11 Å². The SMILES string of the molecule is COc1cccc(N2CCN(CC(=O)NCCCSc3ccccc3)CC2)c1. The molecular weight excluding hydrogens is 370 g/mol. The fourth-order valence-corrected chi connectivity index (χ4v) is 4.11. The van der Waals surface area contributed by atoms with Crippen molar-refractivity contribution >= 4 is 23.4 Å². The van der Waals surface area contributed by atoms with Crippen LogP contribution in [-0.2, 0) is 4.79 Å². The number of hydrogen-bond donors (Lipinski definition) is 1. The third kappa shape index (κ3) is 6.46. The summed E-state index contributed by atoms with van der Waals surface area (Å²) < 4.78 is 5.31. The van der Waals surface area contributed by atoms with Gasteiger partial charge in [-0.25, -0.2) is 0 Å². The molecule has 1 saturated heterocycles. The van der Waals surface area contributed by atoms with Crippen LogP contribution in [0.2, 0.25) is 0 Å². The molecule has 0 atom stereocenters. The maximum Gasteiger partial charge on any atom is 0.234 e. The van der Waals surface area contributed by atoms with E-state index in [0.29, 0.717) is 6.54 Å². The van der Waals surface area contributed by atoms with Crippen molar-refractivity contribution in [2.45, 2.75) is 11.3 Å². The maximum absolute atomic E-state index is 12.2. The Balaban J connectivity index is 1.30. The summed E-state index contributed by atoms with van der Waals surface area (Å²) in [6.45, 7) is 4.87. The molecule has 1 aliphatic rings. The molecule has 2 aromatic carbocycles. The monoisotopic (exact) mass is 399 g/mol. The Hall–Kier alpha value is -2.18. The highest BCUT2D eigenvalue weighted by Crippen LogP contribution is 2.22. The smallest absolute Gasteiger partial charge is 0.234 e. The van der Waals surface area contributed by atoms with Crippen molar-refractivity contribution in [3.63, 3.8) is 0 Å². The summed E-state index contributed by atoms with van der Waals surface area (Å²) in [6.07, 6.45) is 0.981. The Labute approximate surface area is 172 Å². The zero-order valence-corrected chi connectivity index (χ0v) is 17.3. The Morgan fingerprint density at radius 1 is 1.07 bits per heavy atom. The summed E-state index contributed by atoms with van der Waals surface area (Å²) in [6, 6.07) is 18.5. The van der Waals surface area contributed by atoms with Crippen molar-refractivity contribution in [3.8, 4) is 5.75 Å². The van der Waals surface area contributed by atoms with Gasteiger partial charge in [0.05, 0.1) is 13.7 Å². The second-order valence-corrected chi connectivity index (χ2v) is 8.00. The average Bonchev–Trinajstić information content (AvgIpc) is 2.75. The molecule has 150 valence electrons. The summed E-state index contributed by atoms with van der Waals surface area (Å²) in [7, 11) is 1.69. The zero-order valence-electron chi connectivity index (χ0n) is 16.5. The van der Waals surface area contributed by atoms with Crippen LogP contribution in [0.5, 0.6) is 5.75 Å². The first-order chi connectivity index (χ1) is 13.7. The van der Waals surface area contributed by atoms with Crippen LogP contribution in [0.4, 0.5) is 5.69 Å². The number of methoxy groups -OCH3 is 1. The lowest BCUT2D eigenvalue weighted by Gasteiger charge is -2.35. The molecule has 6 heteroatoms. The van der Waals surface area contributed by atoms with Gasteiger partial charge in [-0.2, -0.15) is 0 Å². The lowest BCUT2D eigenvalue weighted by atomic mass is 10.2. The number of benzene rings is 2. The van der Waals surface area contributed by atoms with E-state index < -0.39 is 0 Å². The minimum absolute atomic E-state index is 0.125. The molecule has 1 aliphatic heterocycles. The average molecular weight is 400 g/mol. The second kappa shape index (κ2) is 11.0. The fourth-order valence-electron chi connectivity index (χ4n) is 3.24. The van der Waals surface area contributed by atoms with Crippen LogP contribution >= 0.6 is 11.8 Å². The summed E-state index contributed by atoms with van der Waals surface area (Å²) in [5.41, 5.74) is 1.18. The molecule has 1 fully saturated rings. The molecule has 1 N–H and O–H groups in total. The third-order valence-corrected chi connectivity index (χ3v) is 5.91. The first-order valence-corrected chi connectivity index (χ1v) is 10.8. The van der Waals surface area contributed by atoms with Crippen LogP contribution in [0.25, 0.3) is 0 Å². The first kappa shape index (κ1) is 20.6. The summed E-state index contributed by atoms with van der Waals surface area (Å²) >= 11 is 1.83. The van der Waals surface area contributed by atoms with E-state index in [1.165, 1.54) is 10.6 Å². The van der Waals surface area contributed by atoms with Crippen LogP contribution in [-0.4, -0.2) is 62.9 Å². The molecule has 0 saturated carbocycles. The van der Waals surface area contributed by atoms with Gasteiger partial charge in [-0.1, -0.05) is 24.3 Å². The number of rotatable bonds is 9. The molecule has 0 bridgehead atoms. The number of thioether (sulfide) groups is 1. The van der Waals surface area contributed by atoms with Crippen molar-refractivity contribution in [1.29, 1.82) is 0 Å². The van der Waals surface area contributed by atoms with Gasteiger partial charge in [0, 0.05) is 49.4 Å². The van der Waals surface area contributed by atoms with E-state index in [4.69, 9.17) is 4.74 Å². The van der Waals surface area contributed by atoms with Crippen LogP contribution < -0.4 is 15.0 Å². The van der Waals surface area contributed by atoms with E-state index >= 15 is 0 Å². The number of nitrogens with one attached hydrogen (secondary N) is 1. The largest absolute Gasteiger partial charge is 0.497 e. The molecule has 28 heavy (non-hydrogen) atoms. The van der Waals surface area contributed by atoms with Crippen LogP contribution in [0.1, 0.15) is 6.42 Å². The molecule has 0 aliphatic carbocycles. The highest BCUT2D eigenvalue weighted by molar-refractivity contribution is 7.99. The lowest BCUT2D eigenvalue weighted by Crippen LogP contribution is -2.49. The predicted octanol–water partition coefficient (Wildman–Crippen LogP) is 3.12. The quantitative estimate of drug-likeness (QED) is 0.519. The van der Waals surface area contributed by atoms with Crippen molar-refractivity contribution in [1.82, 2.24) is 10.2 Å². The van der Waals surface area contributed by atoms with Gasteiger partial charge in [-0.15, -0.1) is 11.8 Å². The van der Waals surface area contributed by atoms with Crippen molar-refractivity contribution < 1.29 is 9.53 Å². The van der Waals surface area contributed by atoms with Crippen LogP contribution in [0.15, 0.2) is 59.5 Å². The Morgan fingerprint density at radius 2 is 1.86 bits per heavy atom. The topological polar surface area (TPSA) is 44.8 Å². The number of hydrogen-bond acceptors (Lipinski definition) is 5. The van der Waals surface area contributed by atoms with E-state index in [1.807, 2.05) is 30.0 Å². The third-order valence-electron chi connectivity index (χ3n) is 4.81. The van der Waals surface area contributed by atoms with Gasteiger partial charge < -0.3 is 15.0 Å². The summed E-state index contributed by atoms with van der Waals surface area (Å²) in [5, 5.41) is 3.05. The molecular formula is C22H29N3O2S. The van der Waals surface area contributed by atoms with E-state index in [9.17, 15) is 4.79 Å². The number of piperazine rings is 1. The van der Waals surface area contributed by atoms with Gasteiger partial charge in [-0.05, 0) is 36.4 Å². The number of amides is 1. The minimum atomic E-state index is 0.125. The van der Waals surface area contributed by atoms with Gasteiger partial charge in [0.1, 0.15) is 5.75 Å². The molecule has 1 amide bonds. The van der Waals surface area contributed by atoms with Crippen molar-refractivity contribution in [2.75, 3.05) is 57.0 Å². The lowest BCUT2D eigenvalue weighted by molar-refractivity contribution is -0.122. The number of carbonyl (C=O) groups is 1. The predicted molar refractivity (Wildman–Crippen MR) is 116 cm³/mol. The number of anilines is 1. The Bertz CT molecular complexity index is 734. The van der Waals surface area contributed by atoms with E-state index in [0.717, 1.165) is 50.6 Å². The van der Waals surface area contributed by atoms with Gasteiger partial charge in [0.2, 0.25) is 5.91 Å². The minimum Gasteiger partial charge on any atom is -0.497 e. The molecule has 1 heterocycles. The van der Waals surface area contributed by atoms with Crippen LogP contribution in [0, 0.1) is 0 Å². The second-order valence-electron chi connectivity index (χ2n) is 6.83. The molecule has 2 aromatic rings. The zero-order chi connectivity index (χ0) is 19.6. The van der Waals surface area contributed by atoms with Gasteiger partial charge in [0.25, 0.3) is 0 Å². The number of ether oxygens (including phenoxy) is 1. The molecule has 0 unspecified atom stereocenters. The highest BCUT2D eigenvalue weighted by Gasteiger charge is 2.19. The fraction of sp³-hybridized carbons (Fsp3) is 0.409.